The van der Waals surface area contributed by atoms with E-state index in [-0.39, 0.29) is 11.6 Å². The van der Waals surface area contributed by atoms with Gasteiger partial charge in [-0.2, -0.15) is 0 Å². The normalized spacial score (nSPS) is 25.6. The number of nitrogens with zero attached hydrogens (tertiary/aromatic N) is 1. The maximum atomic E-state index is 6.27. The highest BCUT2D eigenvalue weighted by atomic mass is 35.5. The fourth-order valence-electron chi connectivity index (χ4n) is 2.61. The highest BCUT2D eigenvalue weighted by molar-refractivity contribution is 6.31. The van der Waals surface area contributed by atoms with Crippen LogP contribution in [0.15, 0.2) is 24.3 Å². The van der Waals surface area contributed by atoms with Gasteiger partial charge in [-0.25, -0.2) is 0 Å². The molecule has 18 heavy (non-hydrogen) atoms. The molecular weight excluding hydrogens is 248 g/mol. The van der Waals surface area contributed by atoms with E-state index in [1.165, 1.54) is 0 Å². The molecule has 2 atom stereocenters. The summed E-state index contributed by atoms with van der Waals surface area (Å²) in [5.74, 6) is 0. The molecule has 1 aromatic carbocycles. The van der Waals surface area contributed by atoms with E-state index in [0.29, 0.717) is 13.2 Å². The maximum absolute atomic E-state index is 6.27. The molecule has 0 radical (unpaired) electrons. The third-order valence-corrected chi connectivity index (χ3v) is 4.49. The van der Waals surface area contributed by atoms with Crippen LogP contribution in [-0.2, 0) is 4.74 Å². The van der Waals surface area contributed by atoms with E-state index in [0.717, 1.165) is 23.6 Å². The molecule has 100 valence electrons. The minimum absolute atomic E-state index is 0.0570. The number of nitrogens with two attached hydrogens (primary N) is 1. The summed E-state index contributed by atoms with van der Waals surface area (Å²) < 4.78 is 5.53. The van der Waals surface area contributed by atoms with Gasteiger partial charge in [-0.1, -0.05) is 29.8 Å². The van der Waals surface area contributed by atoms with Gasteiger partial charge in [0, 0.05) is 24.2 Å². The Balaban J connectivity index is 2.23. The van der Waals surface area contributed by atoms with Gasteiger partial charge in [0.1, 0.15) is 0 Å². The number of halogens is 1. The van der Waals surface area contributed by atoms with Crippen LogP contribution in [-0.4, -0.2) is 37.2 Å². The summed E-state index contributed by atoms with van der Waals surface area (Å²) >= 11 is 6.27. The van der Waals surface area contributed by atoms with Gasteiger partial charge in [0.05, 0.1) is 12.1 Å². The van der Waals surface area contributed by atoms with Crippen molar-refractivity contribution in [2.75, 3.05) is 26.8 Å². The zero-order chi connectivity index (χ0) is 13.2. The van der Waals surface area contributed by atoms with Gasteiger partial charge in [0.25, 0.3) is 0 Å². The molecule has 1 aliphatic heterocycles. The second-order valence-electron chi connectivity index (χ2n) is 5.04. The molecule has 0 spiro atoms. The third kappa shape index (κ3) is 2.41. The largest absolute Gasteiger partial charge is 0.379 e. The number of likely N-dealkylation sites (N-methyl/N-ethyl adjacent to an activating group) is 1. The zero-order valence-electron chi connectivity index (χ0n) is 11.0. The molecule has 0 bridgehead atoms. The summed E-state index contributed by atoms with van der Waals surface area (Å²) in [6, 6.07) is 8.20. The highest BCUT2D eigenvalue weighted by Gasteiger charge is 2.40. The minimum atomic E-state index is -0.0570. The average Bonchev–Trinajstić information content (AvgIpc) is 2.87. The second kappa shape index (κ2) is 5.57. The number of hydrogen-bond acceptors (Lipinski definition) is 3. The van der Waals surface area contributed by atoms with Crippen molar-refractivity contribution >= 4 is 11.6 Å². The molecule has 4 heteroatoms. The number of benzene rings is 1. The van der Waals surface area contributed by atoms with Crippen LogP contribution in [0.3, 0.4) is 0 Å². The Bertz CT molecular complexity index is 405. The summed E-state index contributed by atoms with van der Waals surface area (Å²) in [6.07, 6.45) is 0.981. The lowest BCUT2D eigenvalue weighted by atomic mass is 9.93. The molecule has 3 nitrogen and oxygen atoms in total. The van der Waals surface area contributed by atoms with Gasteiger partial charge in [0.2, 0.25) is 0 Å². The first-order valence-corrected chi connectivity index (χ1v) is 6.74. The first kappa shape index (κ1) is 13.8. The lowest BCUT2D eigenvalue weighted by molar-refractivity contribution is 0.0647. The molecule has 1 aliphatic rings. The quantitative estimate of drug-likeness (QED) is 0.912. The third-order valence-electron chi connectivity index (χ3n) is 4.15. The first-order chi connectivity index (χ1) is 8.60. The Morgan fingerprint density at radius 3 is 2.78 bits per heavy atom. The van der Waals surface area contributed by atoms with Gasteiger partial charge < -0.3 is 10.5 Å². The van der Waals surface area contributed by atoms with Crippen molar-refractivity contribution in [3.63, 3.8) is 0 Å². The van der Waals surface area contributed by atoms with E-state index in [9.17, 15) is 0 Å². The van der Waals surface area contributed by atoms with Crippen molar-refractivity contribution in [3.8, 4) is 0 Å². The van der Waals surface area contributed by atoms with E-state index in [2.05, 4.69) is 24.9 Å². The molecule has 0 aliphatic carbocycles. The monoisotopic (exact) mass is 268 g/mol. The number of rotatable bonds is 4. The molecule has 0 saturated carbocycles. The van der Waals surface area contributed by atoms with Crippen LogP contribution in [0.5, 0.6) is 0 Å². The SMILES string of the molecule is CC(c1ccccc1Cl)N(C)C1(CN)CCOC1. The smallest absolute Gasteiger partial charge is 0.0663 e. The van der Waals surface area contributed by atoms with Crippen LogP contribution < -0.4 is 5.73 Å². The summed E-state index contributed by atoms with van der Waals surface area (Å²) in [5.41, 5.74) is 7.05. The summed E-state index contributed by atoms with van der Waals surface area (Å²) in [5, 5.41) is 0.808. The Kier molecular flexibility index (Phi) is 4.28. The lowest BCUT2D eigenvalue weighted by Crippen LogP contribution is -2.53. The molecule has 2 N–H and O–H groups in total. The Morgan fingerprint density at radius 2 is 2.22 bits per heavy atom. The molecule has 0 amide bonds. The summed E-state index contributed by atoms with van der Waals surface area (Å²) in [6.45, 7) is 4.26. The lowest BCUT2D eigenvalue weighted by Gasteiger charge is -2.41. The van der Waals surface area contributed by atoms with E-state index in [1.54, 1.807) is 0 Å². The molecule has 1 aromatic rings. The number of hydrogen-bond donors (Lipinski definition) is 1. The van der Waals surface area contributed by atoms with Crippen molar-refractivity contribution < 1.29 is 4.74 Å². The predicted octanol–water partition coefficient (Wildman–Crippen LogP) is 2.45. The van der Waals surface area contributed by atoms with Crippen LogP contribution in [0.2, 0.25) is 5.02 Å². The average molecular weight is 269 g/mol. The van der Waals surface area contributed by atoms with Crippen LogP contribution in [0.1, 0.15) is 24.9 Å². The fourth-order valence-corrected chi connectivity index (χ4v) is 2.91. The van der Waals surface area contributed by atoms with Gasteiger partial charge in [-0.15, -0.1) is 0 Å². The molecule has 2 unspecified atom stereocenters. The number of ether oxygens (including phenoxy) is 1. The maximum Gasteiger partial charge on any atom is 0.0663 e. The van der Waals surface area contributed by atoms with Crippen molar-refractivity contribution in [2.24, 2.45) is 5.73 Å². The Morgan fingerprint density at radius 1 is 1.50 bits per heavy atom. The molecule has 1 heterocycles. The van der Waals surface area contributed by atoms with Crippen LogP contribution in [0.4, 0.5) is 0 Å². The fraction of sp³-hybridized carbons (Fsp3) is 0.571. The van der Waals surface area contributed by atoms with Gasteiger partial charge in [0.15, 0.2) is 0 Å². The van der Waals surface area contributed by atoms with Crippen molar-refractivity contribution in [2.45, 2.75) is 24.9 Å². The molecule has 1 fully saturated rings. The molecule has 2 rings (SSSR count). The zero-order valence-corrected chi connectivity index (χ0v) is 11.8. The van der Waals surface area contributed by atoms with Crippen LogP contribution >= 0.6 is 11.6 Å². The van der Waals surface area contributed by atoms with Gasteiger partial charge in [-0.05, 0) is 32.0 Å². The minimum Gasteiger partial charge on any atom is -0.379 e. The van der Waals surface area contributed by atoms with E-state index >= 15 is 0 Å². The van der Waals surface area contributed by atoms with Crippen molar-refractivity contribution in [3.05, 3.63) is 34.9 Å². The van der Waals surface area contributed by atoms with Gasteiger partial charge >= 0.3 is 0 Å². The van der Waals surface area contributed by atoms with Crippen molar-refractivity contribution in [1.29, 1.82) is 0 Å². The Labute approximate surface area is 114 Å². The van der Waals surface area contributed by atoms with Gasteiger partial charge in [-0.3, -0.25) is 4.90 Å². The van der Waals surface area contributed by atoms with Crippen LogP contribution in [0.25, 0.3) is 0 Å². The van der Waals surface area contributed by atoms with Crippen molar-refractivity contribution in [1.82, 2.24) is 4.90 Å². The highest BCUT2D eigenvalue weighted by Crippen LogP contribution is 2.34. The van der Waals surface area contributed by atoms with E-state index in [4.69, 9.17) is 22.1 Å². The summed E-state index contributed by atoms with van der Waals surface area (Å²) in [7, 11) is 2.11. The predicted molar refractivity (Wildman–Crippen MR) is 74.9 cm³/mol. The molecule has 0 aromatic heterocycles. The Hall–Kier alpha value is -0.610. The molecular formula is C14H21ClN2O. The topological polar surface area (TPSA) is 38.5 Å². The standard InChI is InChI=1S/C14H21ClN2O/c1-11(12-5-3-4-6-13(12)15)17(2)14(9-16)7-8-18-10-14/h3-6,11H,7-10,16H2,1-2H3. The first-order valence-electron chi connectivity index (χ1n) is 6.36. The van der Waals surface area contributed by atoms with E-state index in [1.807, 2.05) is 18.2 Å². The van der Waals surface area contributed by atoms with Crippen LogP contribution in [0, 0.1) is 0 Å². The molecule has 1 saturated heterocycles. The summed E-state index contributed by atoms with van der Waals surface area (Å²) in [4.78, 5) is 2.31. The second-order valence-corrected chi connectivity index (χ2v) is 5.45. The van der Waals surface area contributed by atoms with E-state index < -0.39 is 0 Å².